The first-order valence-electron chi connectivity index (χ1n) is 6.73. The number of benzene rings is 3. The Morgan fingerprint density at radius 1 is 1.00 bits per heavy atom. The molecule has 0 heterocycles. The van der Waals surface area contributed by atoms with Gasteiger partial charge in [-0.3, -0.25) is 4.79 Å². The molecule has 1 amide bonds. The number of amides is 1. The maximum absolute atomic E-state index is 12.3. The number of aryl methyl sites for hydroxylation is 1. The Labute approximate surface area is 122 Å². The van der Waals surface area contributed by atoms with Gasteiger partial charge in [0.25, 0.3) is 5.91 Å². The molecule has 0 spiro atoms. The molecule has 0 aliphatic heterocycles. The third-order valence-corrected chi connectivity index (χ3v) is 3.43. The molecule has 21 heavy (non-hydrogen) atoms. The molecule has 2 N–H and O–H groups in total. The number of anilines is 1. The van der Waals surface area contributed by atoms with E-state index in [0.717, 1.165) is 16.3 Å². The van der Waals surface area contributed by atoms with Crippen LogP contribution in [0.5, 0.6) is 5.75 Å². The van der Waals surface area contributed by atoms with Gasteiger partial charge in [-0.15, -0.1) is 0 Å². The van der Waals surface area contributed by atoms with Crippen molar-refractivity contribution in [1.29, 1.82) is 0 Å². The Balaban J connectivity index is 1.96. The van der Waals surface area contributed by atoms with Gasteiger partial charge in [0, 0.05) is 16.6 Å². The Hall–Kier alpha value is -2.81. The zero-order valence-corrected chi connectivity index (χ0v) is 11.6. The average Bonchev–Trinajstić information content (AvgIpc) is 2.48. The molecule has 0 atom stereocenters. The number of phenolic OH excluding ortho intramolecular Hbond substituents is 1. The summed E-state index contributed by atoms with van der Waals surface area (Å²) < 4.78 is 0. The van der Waals surface area contributed by atoms with Crippen LogP contribution in [0.25, 0.3) is 10.8 Å². The van der Waals surface area contributed by atoms with Crippen LogP contribution in [-0.2, 0) is 0 Å². The average molecular weight is 277 g/mol. The van der Waals surface area contributed by atoms with Gasteiger partial charge in [-0.05, 0) is 42.6 Å². The number of hydrogen-bond donors (Lipinski definition) is 2. The van der Waals surface area contributed by atoms with Crippen LogP contribution in [0.2, 0.25) is 0 Å². The van der Waals surface area contributed by atoms with Crippen LogP contribution in [0.15, 0.2) is 60.7 Å². The van der Waals surface area contributed by atoms with Crippen LogP contribution in [0.1, 0.15) is 15.9 Å². The standard InChI is InChI=1S/C18H15NO2/c1-12-5-7-14(8-6-12)18(21)19-17-4-2-3-13-9-10-15(20)11-16(13)17/h2-11,20H,1H3,(H,19,21). The van der Waals surface area contributed by atoms with Crippen molar-refractivity contribution in [3.63, 3.8) is 0 Å². The number of hydrogen-bond acceptors (Lipinski definition) is 2. The highest BCUT2D eigenvalue weighted by Crippen LogP contribution is 2.27. The number of carbonyl (C=O) groups is 1. The largest absolute Gasteiger partial charge is 0.508 e. The summed E-state index contributed by atoms with van der Waals surface area (Å²) in [5.74, 6) is 0.0189. The number of nitrogens with one attached hydrogen (secondary N) is 1. The van der Waals surface area contributed by atoms with Crippen LogP contribution in [0.3, 0.4) is 0 Å². The van der Waals surface area contributed by atoms with Gasteiger partial charge in [0.2, 0.25) is 0 Å². The first kappa shape index (κ1) is 13.2. The zero-order valence-electron chi connectivity index (χ0n) is 11.6. The fourth-order valence-electron chi connectivity index (χ4n) is 2.27. The highest BCUT2D eigenvalue weighted by Gasteiger charge is 2.08. The number of carbonyl (C=O) groups excluding carboxylic acids is 1. The van der Waals surface area contributed by atoms with Gasteiger partial charge in [-0.2, -0.15) is 0 Å². The normalized spacial score (nSPS) is 10.5. The molecule has 3 rings (SSSR count). The number of phenols is 1. The zero-order chi connectivity index (χ0) is 14.8. The smallest absolute Gasteiger partial charge is 0.255 e. The Bertz CT molecular complexity index is 807. The summed E-state index contributed by atoms with van der Waals surface area (Å²) in [6.45, 7) is 1.98. The molecule has 0 aromatic heterocycles. The lowest BCUT2D eigenvalue weighted by atomic mass is 10.1. The van der Waals surface area contributed by atoms with E-state index in [1.54, 1.807) is 24.3 Å². The fourth-order valence-corrected chi connectivity index (χ4v) is 2.27. The van der Waals surface area contributed by atoms with E-state index < -0.39 is 0 Å². The summed E-state index contributed by atoms with van der Waals surface area (Å²) in [6, 6.07) is 18.2. The highest BCUT2D eigenvalue weighted by atomic mass is 16.3. The molecule has 0 unspecified atom stereocenters. The predicted molar refractivity (Wildman–Crippen MR) is 84.7 cm³/mol. The quantitative estimate of drug-likeness (QED) is 0.740. The van der Waals surface area contributed by atoms with Crippen molar-refractivity contribution < 1.29 is 9.90 Å². The van der Waals surface area contributed by atoms with Gasteiger partial charge in [0.05, 0.1) is 0 Å². The molecule has 0 aliphatic rings. The van der Waals surface area contributed by atoms with Crippen molar-refractivity contribution in [3.05, 3.63) is 71.8 Å². The Kier molecular flexibility index (Phi) is 3.32. The second kappa shape index (κ2) is 5.29. The molecule has 0 radical (unpaired) electrons. The van der Waals surface area contributed by atoms with Crippen molar-refractivity contribution in [2.24, 2.45) is 0 Å². The second-order valence-corrected chi connectivity index (χ2v) is 5.03. The van der Waals surface area contributed by atoms with Gasteiger partial charge in [-0.25, -0.2) is 0 Å². The molecule has 3 nitrogen and oxygen atoms in total. The van der Waals surface area contributed by atoms with Crippen molar-refractivity contribution >= 4 is 22.4 Å². The van der Waals surface area contributed by atoms with E-state index >= 15 is 0 Å². The first-order chi connectivity index (χ1) is 10.1. The molecule has 0 aliphatic carbocycles. The summed E-state index contributed by atoms with van der Waals surface area (Å²) in [7, 11) is 0. The summed E-state index contributed by atoms with van der Waals surface area (Å²) in [4.78, 5) is 12.3. The van der Waals surface area contributed by atoms with Crippen LogP contribution >= 0.6 is 0 Å². The third kappa shape index (κ3) is 2.72. The van der Waals surface area contributed by atoms with Crippen LogP contribution < -0.4 is 5.32 Å². The molecular weight excluding hydrogens is 262 g/mol. The topological polar surface area (TPSA) is 49.3 Å². The minimum Gasteiger partial charge on any atom is -0.508 e. The van der Waals surface area contributed by atoms with Crippen molar-refractivity contribution in [3.8, 4) is 5.75 Å². The molecule has 3 heteroatoms. The lowest BCUT2D eigenvalue weighted by Gasteiger charge is -2.09. The van der Waals surface area contributed by atoms with Gasteiger partial charge in [-0.1, -0.05) is 35.9 Å². The van der Waals surface area contributed by atoms with Gasteiger partial charge < -0.3 is 10.4 Å². The van der Waals surface area contributed by atoms with Gasteiger partial charge in [0.1, 0.15) is 5.75 Å². The van der Waals surface area contributed by atoms with E-state index in [4.69, 9.17) is 0 Å². The minimum absolute atomic E-state index is 0.161. The molecular formula is C18H15NO2. The number of rotatable bonds is 2. The monoisotopic (exact) mass is 277 g/mol. The van der Waals surface area contributed by atoms with Crippen LogP contribution in [-0.4, -0.2) is 11.0 Å². The fraction of sp³-hybridized carbons (Fsp3) is 0.0556. The van der Waals surface area contributed by atoms with Crippen molar-refractivity contribution in [1.82, 2.24) is 0 Å². The van der Waals surface area contributed by atoms with Crippen molar-refractivity contribution in [2.75, 3.05) is 5.32 Å². The third-order valence-electron chi connectivity index (χ3n) is 3.43. The minimum atomic E-state index is -0.161. The van der Waals surface area contributed by atoms with Crippen LogP contribution in [0, 0.1) is 6.92 Å². The molecule has 104 valence electrons. The van der Waals surface area contributed by atoms with Crippen LogP contribution in [0.4, 0.5) is 5.69 Å². The molecule has 0 bridgehead atoms. The van der Waals surface area contributed by atoms with E-state index in [1.165, 1.54) is 0 Å². The summed E-state index contributed by atoms with van der Waals surface area (Å²) >= 11 is 0. The second-order valence-electron chi connectivity index (χ2n) is 5.03. The first-order valence-corrected chi connectivity index (χ1v) is 6.73. The maximum atomic E-state index is 12.3. The SMILES string of the molecule is Cc1ccc(C(=O)Nc2cccc3ccc(O)cc23)cc1. The van der Waals surface area contributed by atoms with E-state index in [1.807, 2.05) is 43.3 Å². The van der Waals surface area contributed by atoms with E-state index in [9.17, 15) is 9.90 Å². The molecule has 3 aromatic carbocycles. The number of aromatic hydroxyl groups is 1. The van der Waals surface area contributed by atoms with Gasteiger partial charge >= 0.3 is 0 Å². The highest BCUT2D eigenvalue weighted by molar-refractivity contribution is 6.09. The molecule has 0 saturated heterocycles. The molecule has 0 saturated carbocycles. The molecule has 0 fully saturated rings. The summed E-state index contributed by atoms with van der Waals surface area (Å²) in [5, 5.41) is 14.3. The lowest BCUT2D eigenvalue weighted by Crippen LogP contribution is -2.12. The number of fused-ring (bicyclic) bond motifs is 1. The van der Waals surface area contributed by atoms with E-state index in [-0.39, 0.29) is 11.7 Å². The lowest BCUT2D eigenvalue weighted by molar-refractivity contribution is 0.102. The van der Waals surface area contributed by atoms with Crippen molar-refractivity contribution in [2.45, 2.75) is 6.92 Å². The van der Waals surface area contributed by atoms with E-state index in [2.05, 4.69) is 5.32 Å². The maximum Gasteiger partial charge on any atom is 0.255 e. The predicted octanol–water partition coefficient (Wildman–Crippen LogP) is 4.11. The Morgan fingerprint density at radius 3 is 2.52 bits per heavy atom. The summed E-state index contributed by atoms with van der Waals surface area (Å²) in [5.41, 5.74) is 2.41. The van der Waals surface area contributed by atoms with Gasteiger partial charge in [0.15, 0.2) is 0 Å². The summed E-state index contributed by atoms with van der Waals surface area (Å²) in [6.07, 6.45) is 0. The van der Waals surface area contributed by atoms with E-state index in [0.29, 0.717) is 11.3 Å². The Morgan fingerprint density at radius 2 is 1.76 bits per heavy atom. The molecule has 3 aromatic rings.